The van der Waals surface area contributed by atoms with E-state index in [1.165, 1.54) is 0 Å². The third kappa shape index (κ3) is 2.60. The Kier molecular flexibility index (Phi) is 4.50. The molecule has 2 N–H and O–H groups in total. The van der Waals surface area contributed by atoms with Crippen molar-refractivity contribution in [2.45, 2.75) is 25.3 Å². The molecular formula is C14H20ClN3O2. The van der Waals surface area contributed by atoms with Crippen molar-refractivity contribution in [3.63, 3.8) is 0 Å². The Labute approximate surface area is 124 Å². The SMILES string of the molecule is Cl.NCCC(=O)N1C[C@@H]2C[C@@H](C1)c1cccc(=O)n1C2. The molecule has 0 unspecified atom stereocenters. The summed E-state index contributed by atoms with van der Waals surface area (Å²) in [6.07, 6.45) is 1.50. The molecule has 3 heterocycles. The number of rotatable bonds is 2. The van der Waals surface area contributed by atoms with Gasteiger partial charge in [0.2, 0.25) is 5.91 Å². The van der Waals surface area contributed by atoms with E-state index < -0.39 is 0 Å². The number of carbonyl (C=O) groups excluding carboxylic acids is 1. The normalized spacial score (nSPS) is 23.8. The Morgan fingerprint density at radius 1 is 1.30 bits per heavy atom. The lowest BCUT2D eigenvalue weighted by atomic mass is 9.83. The summed E-state index contributed by atoms with van der Waals surface area (Å²) in [4.78, 5) is 25.8. The number of nitrogens with two attached hydrogens (primary N) is 1. The molecule has 1 fully saturated rings. The van der Waals surface area contributed by atoms with Crippen LogP contribution in [0.2, 0.25) is 0 Å². The van der Waals surface area contributed by atoms with Gasteiger partial charge in [0.05, 0.1) is 0 Å². The smallest absolute Gasteiger partial charge is 0.250 e. The number of halogens is 1. The fourth-order valence-corrected chi connectivity index (χ4v) is 3.38. The minimum Gasteiger partial charge on any atom is -0.342 e. The zero-order valence-electron chi connectivity index (χ0n) is 11.3. The van der Waals surface area contributed by atoms with Crippen molar-refractivity contribution in [2.24, 2.45) is 11.7 Å². The summed E-state index contributed by atoms with van der Waals surface area (Å²) in [5.41, 5.74) is 6.61. The maximum Gasteiger partial charge on any atom is 0.250 e. The van der Waals surface area contributed by atoms with Crippen LogP contribution in [-0.4, -0.2) is 35.0 Å². The van der Waals surface area contributed by atoms with Gasteiger partial charge in [0, 0.05) is 50.3 Å². The van der Waals surface area contributed by atoms with Gasteiger partial charge in [0.1, 0.15) is 0 Å². The van der Waals surface area contributed by atoms with Crippen LogP contribution in [0, 0.1) is 5.92 Å². The van der Waals surface area contributed by atoms with Gasteiger partial charge in [-0.1, -0.05) is 6.07 Å². The van der Waals surface area contributed by atoms with E-state index in [1.807, 2.05) is 21.6 Å². The van der Waals surface area contributed by atoms with Crippen molar-refractivity contribution in [3.8, 4) is 0 Å². The minimum absolute atomic E-state index is 0. The topological polar surface area (TPSA) is 68.3 Å². The predicted molar refractivity (Wildman–Crippen MR) is 79.0 cm³/mol. The molecule has 0 spiro atoms. The number of likely N-dealkylation sites (tertiary alicyclic amines) is 1. The lowest BCUT2D eigenvalue weighted by Gasteiger charge is -2.42. The van der Waals surface area contributed by atoms with Crippen LogP contribution in [0.3, 0.4) is 0 Å². The van der Waals surface area contributed by atoms with Crippen molar-refractivity contribution in [3.05, 3.63) is 34.2 Å². The fourth-order valence-electron chi connectivity index (χ4n) is 3.38. The van der Waals surface area contributed by atoms with Crippen LogP contribution in [0.1, 0.15) is 24.5 Å². The van der Waals surface area contributed by atoms with Gasteiger partial charge >= 0.3 is 0 Å². The summed E-state index contributed by atoms with van der Waals surface area (Å²) >= 11 is 0. The molecule has 1 aromatic heterocycles. The Morgan fingerprint density at radius 2 is 2.10 bits per heavy atom. The van der Waals surface area contributed by atoms with E-state index in [9.17, 15) is 9.59 Å². The quantitative estimate of drug-likeness (QED) is 0.867. The number of carbonyl (C=O) groups is 1. The van der Waals surface area contributed by atoms with Crippen molar-refractivity contribution < 1.29 is 4.79 Å². The first kappa shape index (κ1) is 15.1. The van der Waals surface area contributed by atoms with Crippen LogP contribution in [-0.2, 0) is 11.3 Å². The second-order valence-corrected chi connectivity index (χ2v) is 5.54. The number of amides is 1. The van der Waals surface area contributed by atoms with E-state index >= 15 is 0 Å². The summed E-state index contributed by atoms with van der Waals surface area (Å²) < 4.78 is 1.88. The molecular weight excluding hydrogens is 278 g/mol. The first-order valence-corrected chi connectivity index (χ1v) is 6.86. The average molecular weight is 298 g/mol. The second kappa shape index (κ2) is 5.97. The molecule has 2 bridgehead atoms. The zero-order valence-corrected chi connectivity index (χ0v) is 12.1. The molecule has 1 aromatic rings. The Hall–Kier alpha value is -1.33. The van der Waals surface area contributed by atoms with Gasteiger partial charge in [-0.2, -0.15) is 0 Å². The van der Waals surface area contributed by atoms with E-state index in [1.54, 1.807) is 6.07 Å². The summed E-state index contributed by atoms with van der Waals surface area (Å²) in [5.74, 6) is 0.833. The Morgan fingerprint density at radius 3 is 2.85 bits per heavy atom. The van der Waals surface area contributed by atoms with E-state index in [2.05, 4.69) is 0 Å². The Bertz CT molecular complexity index is 558. The molecule has 0 saturated carbocycles. The van der Waals surface area contributed by atoms with E-state index in [-0.39, 0.29) is 23.9 Å². The van der Waals surface area contributed by atoms with Crippen LogP contribution in [0.25, 0.3) is 0 Å². The van der Waals surface area contributed by atoms with Gasteiger partial charge in [-0.05, 0) is 18.4 Å². The third-order valence-electron chi connectivity index (χ3n) is 4.19. The third-order valence-corrected chi connectivity index (χ3v) is 4.19. The summed E-state index contributed by atoms with van der Waals surface area (Å²) in [6.45, 7) is 2.62. The lowest BCUT2D eigenvalue weighted by molar-refractivity contribution is -0.133. The van der Waals surface area contributed by atoms with Crippen molar-refractivity contribution in [2.75, 3.05) is 19.6 Å². The molecule has 1 saturated heterocycles. The van der Waals surface area contributed by atoms with Crippen LogP contribution < -0.4 is 11.3 Å². The maximum absolute atomic E-state index is 12.0. The number of fused-ring (bicyclic) bond motifs is 4. The lowest BCUT2D eigenvalue weighted by Crippen LogP contribution is -2.49. The maximum atomic E-state index is 12.0. The first-order valence-electron chi connectivity index (χ1n) is 6.86. The first-order chi connectivity index (χ1) is 9.19. The molecule has 2 aliphatic rings. The highest BCUT2D eigenvalue weighted by Crippen LogP contribution is 2.34. The predicted octanol–water partition coefficient (Wildman–Crippen LogP) is 0.565. The van der Waals surface area contributed by atoms with Crippen LogP contribution in [0.5, 0.6) is 0 Å². The molecule has 0 aliphatic carbocycles. The monoisotopic (exact) mass is 297 g/mol. The highest BCUT2D eigenvalue weighted by atomic mass is 35.5. The van der Waals surface area contributed by atoms with Gasteiger partial charge in [-0.25, -0.2) is 0 Å². The average Bonchev–Trinajstić information content (AvgIpc) is 2.40. The minimum atomic E-state index is 0. The summed E-state index contributed by atoms with van der Waals surface area (Å²) in [6, 6.07) is 5.44. The fraction of sp³-hybridized carbons (Fsp3) is 0.571. The van der Waals surface area contributed by atoms with Crippen molar-refractivity contribution >= 4 is 18.3 Å². The van der Waals surface area contributed by atoms with Gasteiger partial charge in [0.25, 0.3) is 5.56 Å². The van der Waals surface area contributed by atoms with E-state index in [0.717, 1.165) is 31.7 Å². The molecule has 110 valence electrons. The number of pyridine rings is 1. The number of hydrogen-bond donors (Lipinski definition) is 1. The van der Waals surface area contributed by atoms with Gasteiger partial charge in [0.15, 0.2) is 0 Å². The molecule has 6 heteroatoms. The van der Waals surface area contributed by atoms with Crippen molar-refractivity contribution in [1.29, 1.82) is 0 Å². The number of nitrogens with zero attached hydrogens (tertiary/aromatic N) is 2. The highest BCUT2D eigenvalue weighted by molar-refractivity contribution is 5.85. The summed E-state index contributed by atoms with van der Waals surface area (Å²) in [5, 5.41) is 0. The van der Waals surface area contributed by atoms with Crippen LogP contribution in [0.4, 0.5) is 0 Å². The molecule has 2 atom stereocenters. The Balaban J connectivity index is 0.00000147. The van der Waals surface area contributed by atoms with E-state index in [0.29, 0.717) is 24.8 Å². The van der Waals surface area contributed by atoms with Gasteiger partial charge < -0.3 is 15.2 Å². The molecule has 20 heavy (non-hydrogen) atoms. The summed E-state index contributed by atoms with van der Waals surface area (Å²) in [7, 11) is 0. The molecule has 1 amide bonds. The van der Waals surface area contributed by atoms with Crippen molar-refractivity contribution in [1.82, 2.24) is 9.47 Å². The van der Waals surface area contributed by atoms with Gasteiger partial charge in [-0.15, -0.1) is 12.4 Å². The number of piperidine rings is 1. The highest BCUT2D eigenvalue weighted by Gasteiger charge is 2.35. The van der Waals surface area contributed by atoms with Crippen LogP contribution >= 0.6 is 12.4 Å². The van der Waals surface area contributed by atoms with Gasteiger partial charge in [-0.3, -0.25) is 9.59 Å². The molecule has 0 radical (unpaired) electrons. The molecule has 5 nitrogen and oxygen atoms in total. The molecule has 3 rings (SSSR count). The second-order valence-electron chi connectivity index (χ2n) is 5.54. The molecule has 2 aliphatic heterocycles. The van der Waals surface area contributed by atoms with Crippen LogP contribution in [0.15, 0.2) is 23.0 Å². The van der Waals surface area contributed by atoms with E-state index in [4.69, 9.17) is 5.73 Å². The number of aromatic nitrogens is 1. The standard InChI is InChI=1S/C14H19N3O2.ClH/c15-5-4-13(18)16-7-10-6-11(9-16)12-2-1-3-14(19)17(12)8-10;/h1-3,10-11H,4-9,15H2;1H/t10-,11-;/m0./s1. The molecule has 0 aromatic carbocycles. The zero-order chi connectivity index (χ0) is 13.4. The largest absolute Gasteiger partial charge is 0.342 e. The number of hydrogen-bond acceptors (Lipinski definition) is 3.